The molecule has 2 aromatic heterocycles. The van der Waals surface area contributed by atoms with E-state index in [2.05, 4.69) is 19.7 Å². The molecule has 1 aliphatic rings. The molecule has 10 heteroatoms. The molecule has 1 unspecified atom stereocenters. The molecule has 1 fully saturated rings. The number of H-pyrrole nitrogens is 1. The summed E-state index contributed by atoms with van der Waals surface area (Å²) < 4.78 is 47.5. The second-order valence-corrected chi connectivity index (χ2v) is 8.20. The zero-order valence-corrected chi connectivity index (χ0v) is 18.7. The molecule has 0 saturated carbocycles. The Labute approximate surface area is 198 Å². The predicted octanol–water partition coefficient (Wildman–Crippen LogP) is 6.00. The zero-order chi connectivity index (χ0) is 24.6. The van der Waals surface area contributed by atoms with E-state index in [1.807, 2.05) is 24.3 Å². The van der Waals surface area contributed by atoms with Crippen LogP contribution in [0, 0.1) is 0 Å². The Morgan fingerprint density at radius 1 is 1.11 bits per heavy atom. The number of carbonyl (C=O) groups is 1. The molecule has 0 aliphatic carbocycles. The molecule has 3 heterocycles. The first-order valence-electron chi connectivity index (χ1n) is 11.0. The van der Waals surface area contributed by atoms with Gasteiger partial charge in [0.25, 0.3) is 0 Å². The largest absolute Gasteiger partial charge is 0.573 e. The molecule has 7 nitrogen and oxygen atoms in total. The Hall–Kier alpha value is -4.08. The third-order valence-corrected chi connectivity index (χ3v) is 5.82. The highest BCUT2D eigenvalue weighted by molar-refractivity contribution is 5.82. The average Bonchev–Trinajstić information content (AvgIpc) is 3.46. The van der Waals surface area contributed by atoms with Gasteiger partial charge in [-0.05, 0) is 55.3 Å². The van der Waals surface area contributed by atoms with Crippen LogP contribution in [0.4, 0.5) is 13.2 Å². The molecule has 1 amide bonds. The number of imidazole rings is 1. The quantitative estimate of drug-likeness (QED) is 0.377. The van der Waals surface area contributed by atoms with Crippen molar-refractivity contribution in [3.05, 3.63) is 66.4 Å². The molecule has 1 N–H and O–H groups in total. The van der Waals surface area contributed by atoms with Crippen molar-refractivity contribution in [2.75, 3.05) is 6.54 Å². The number of halogens is 3. The SMILES string of the molecule is CC(=O)N1CCCC1c1cc2[nH]c(-c3ccccn3)nc2cc1Oc1ccc(OC(F)(F)F)cc1. The molecule has 35 heavy (non-hydrogen) atoms. The van der Waals surface area contributed by atoms with Gasteiger partial charge in [-0.2, -0.15) is 0 Å². The number of aromatic nitrogens is 3. The lowest BCUT2D eigenvalue weighted by molar-refractivity contribution is -0.274. The van der Waals surface area contributed by atoms with Crippen LogP contribution in [-0.2, 0) is 4.79 Å². The maximum Gasteiger partial charge on any atom is 0.573 e. The third kappa shape index (κ3) is 4.91. The number of ether oxygens (including phenoxy) is 2. The van der Waals surface area contributed by atoms with Gasteiger partial charge in [-0.25, -0.2) is 4.98 Å². The van der Waals surface area contributed by atoms with Gasteiger partial charge in [0, 0.05) is 31.3 Å². The first kappa shape index (κ1) is 22.7. The number of nitrogens with one attached hydrogen (secondary N) is 1. The van der Waals surface area contributed by atoms with Crippen LogP contribution >= 0.6 is 0 Å². The highest BCUT2D eigenvalue weighted by Gasteiger charge is 2.32. The Morgan fingerprint density at radius 2 is 1.89 bits per heavy atom. The van der Waals surface area contributed by atoms with Gasteiger partial charge in [-0.15, -0.1) is 13.2 Å². The van der Waals surface area contributed by atoms with Crippen molar-refractivity contribution >= 4 is 16.9 Å². The summed E-state index contributed by atoms with van der Waals surface area (Å²) in [5, 5.41) is 0. The van der Waals surface area contributed by atoms with Gasteiger partial charge in [0.05, 0.1) is 17.1 Å². The van der Waals surface area contributed by atoms with E-state index in [9.17, 15) is 18.0 Å². The summed E-state index contributed by atoms with van der Waals surface area (Å²) in [6.45, 7) is 2.18. The minimum absolute atomic E-state index is 0.0361. The lowest BCUT2D eigenvalue weighted by Crippen LogP contribution is -2.28. The Balaban J connectivity index is 1.54. The molecule has 180 valence electrons. The van der Waals surface area contributed by atoms with Gasteiger partial charge >= 0.3 is 6.36 Å². The molecule has 5 rings (SSSR count). The highest BCUT2D eigenvalue weighted by Crippen LogP contribution is 2.41. The van der Waals surface area contributed by atoms with Crippen LogP contribution in [0.2, 0.25) is 0 Å². The molecule has 0 spiro atoms. The topological polar surface area (TPSA) is 80.3 Å². The lowest BCUT2D eigenvalue weighted by atomic mass is 10.0. The number of aromatic amines is 1. The number of pyridine rings is 1. The second-order valence-electron chi connectivity index (χ2n) is 8.20. The smallest absolute Gasteiger partial charge is 0.457 e. The number of benzene rings is 2. The predicted molar refractivity (Wildman–Crippen MR) is 122 cm³/mol. The zero-order valence-electron chi connectivity index (χ0n) is 18.7. The van der Waals surface area contributed by atoms with Crippen molar-refractivity contribution in [3.8, 4) is 28.8 Å². The van der Waals surface area contributed by atoms with Gasteiger partial charge < -0.3 is 19.4 Å². The normalized spacial score (nSPS) is 16.0. The monoisotopic (exact) mass is 482 g/mol. The van der Waals surface area contributed by atoms with E-state index in [4.69, 9.17) is 4.74 Å². The summed E-state index contributed by atoms with van der Waals surface area (Å²) in [5.41, 5.74) is 2.86. The minimum atomic E-state index is -4.77. The van der Waals surface area contributed by atoms with Gasteiger partial charge in [0.1, 0.15) is 22.9 Å². The van der Waals surface area contributed by atoms with E-state index in [0.29, 0.717) is 35.1 Å². The lowest BCUT2D eigenvalue weighted by Gasteiger charge is -2.25. The van der Waals surface area contributed by atoms with Gasteiger partial charge in [-0.3, -0.25) is 9.78 Å². The van der Waals surface area contributed by atoms with Crippen molar-refractivity contribution in [3.63, 3.8) is 0 Å². The van der Waals surface area contributed by atoms with Crippen molar-refractivity contribution in [2.45, 2.75) is 32.2 Å². The van der Waals surface area contributed by atoms with E-state index in [-0.39, 0.29) is 17.7 Å². The highest BCUT2D eigenvalue weighted by atomic mass is 19.4. The fourth-order valence-corrected chi connectivity index (χ4v) is 4.33. The van der Waals surface area contributed by atoms with Crippen LogP contribution in [0.5, 0.6) is 17.2 Å². The summed E-state index contributed by atoms with van der Waals surface area (Å²) in [6.07, 6.45) is -1.48. The van der Waals surface area contributed by atoms with Crippen LogP contribution in [0.25, 0.3) is 22.6 Å². The Morgan fingerprint density at radius 3 is 2.57 bits per heavy atom. The summed E-state index contributed by atoms with van der Waals surface area (Å²) in [5.74, 6) is 1.01. The van der Waals surface area contributed by atoms with E-state index in [1.165, 1.54) is 31.2 Å². The molecule has 0 radical (unpaired) electrons. The Kier molecular flexibility index (Phi) is 5.80. The van der Waals surface area contributed by atoms with Crippen molar-refractivity contribution in [1.29, 1.82) is 0 Å². The average molecular weight is 482 g/mol. The number of alkyl halides is 3. The summed E-state index contributed by atoms with van der Waals surface area (Å²) in [7, 11) is 0. The van der Waals surface area contributed by atoms with E-state index in [1.54, 1.807) is 17.2 Å². The molecule has 4 aromatic rings. The number of nitrogens with zero attached hydrogens (tertiary/aromatic N) is 3. The van der Waals surface area contributed by atoms with Crippen LogP contribution in [-0.4, -0.2) is 38.7 Å². The number of rotatable bonds is 5. The molecular weight excluding hydrogens is 461 g/mol. The minimum Gasteiger partial charge on any atom is -0.457 e. The number of carbonyl (C=O) groups excluding carboxylic acids is 1. The van der Waals surface area contributed by atoms with Crippen LogP contribution in [0.3, 0.4) is 0 Å². The maximum atomic E-state index is 12.5. The van der Waals surface area contributed by atoms with E-state index < -0.39 is 6.36 Å². The van der Waals surface area contributed by atoms with Gasteiger partial charge in [0.15, 0.2) is 5.82 Å². The number of amides is 1. The molecule has 0 bridgehead atoms. The fourth-order valence-electron chi connectivity index (χ4n) is 4.33. The van der Waals surface area contributed by atoms with Crippen LogP contribution in [0.15, 0.2) is 60.8 Å². The summed E-state index contributed by atoms with van der Waals surface area (Å²) in [6, 6.07) is 14.2. The van der Waals surface area contributed by atoms with Gasteiger partial charge in [0.2, 0.25) is 5.91 Å². The van der Waals surface area contributed by atoms with Crippen LogP contribution in [0.1, 0.15) is 31.4 Å². The summed E-state index contributed by atoms with van der Waals surface area (Å²) >= 11 is 0. The number of hydrogen-bond donors (Lipinski definition) is 1. The Bertz CT molecular complexity index is 1350. The van der Waals surface area contributed by atoms with Crippen molar-refractivity contribution in [1.82, 2.24) is 19.9 Å². The van der Waals surface area contributed by atoms with E-state index in [0.717, 1.165) is 23.9 Å². The second kappa shape index (κ2) is 8.94. The maximum absolute atomic E-state index is 12.5. The molecule has 1 aliphatic heterocycles. The number of likely N-dealkylation sites (tertiary alicyclic amines) is 1. The van der Waals surface area contributed by atoms with Crippen molar-refractivity contribution < 1.29 is 27.4 Å². The number of fused-ring (bicyclic) bond motifs is 1. The first-order valence-corrected chi connectivity index (χ1v) is 11.0. The standard InChI is InChI=1S/C25H21F3N4O3/c1-15(33)32-12-4-6-22(32)18-13-20-21(31-24(30-20)19-5-2-3-11-29-19)14-23(18)34-16-7-9-17(10-8-16)35-25(26,27)28/h2-3,5,7-11,13-14,22H,4,6,12H2,1H3,(H,30,31). The fraction of sp³-hybridized carbons (Fsp3) is 0.240. The third-order valence-electron chi connectivity index (χ3n) is 5.82. The van der Waals surface area contributed by atoms with Gasteiger partial charge in [-0.1, -0.05) is 6.07 Å². The first-order chi connectivity index (χ1) is 16.8. The van der Waals surface area contributed by atoms with Crippen molar-refractivity contribution in [2.24, 2.45) is 0 Å². The molecule has 1 saturated heterocycles. The van der Waals surface area contributed by atoms with Crippen LogP contribution < -0.4 is 9.47 Å². The summed E-state index contributed by atoms with van der Waals surface area (Å²) in [4.78, 5) is 26.3. The number of hydrogen-bond acceptors (Lipinski definition) is 5. The van der Waals surface area contributed by atoms with E-state index >= 15 is 0 Å². The molecule has 1 atom stereocenters. The molecular formula is C25H21F3N4O3. The molecule has 2 aromatic carbocycles.